The van der Waals surface area contributed by atoms with Crippen LogP contribution in [0, 0.1) is 12.7 Å². The van der Waals surface area contributed by atoms with Gasteiger partial charge in [-0.1, -0.05) is 5.10 Å². The molecule has 0 bridgehead atoms. The average Bonchev–Trinajstić information content (AvgIpc) is 3.15. The second-order valence-electron chi connectivity index (χ2n) is 5.86. The molecule has 11 heteroatoms. The molecular formula is C14H16FN3O5S2. The first-order valence-corrected chi connectivity index (χ1v) is 10.8. The summed E-state index contributed by atoms with van der Waals surface area (Å²) in [5.74, 6) is -0.592. The summed E-state index contributed by atoms with van der Waals surface area (Å²) in [6.07, 6.45) is 1.90. The molecule has 1 saturated heterocycles. The summed E-state index contributed by atoms with van der Waals surface area (Å²) in [6.45, 7) is 1.73. The minimum Gasteiger partial charge on any atom is -0.411 e. The van der Waals surface area contributed by atoms with Crippen molar-refractivity contribution in [3.05, 3.63) is 35.5 Å². The molecule has 1 aliphatic heterocycles. The third-order valence-electron chi connectivity index (χ3n) is 3.95. The number of hydrogen-bond acceptors (Lipinski definition) is 7. The molecule has 0 N–H and O–H groups in total. The molecule has 2 aromatic rings. The van der Waals surface area contributed by atoms with Gasteiger partial charge in [0.05, 0.1) is 4.90 Å². The van der Waals surface area contributed by atoms with Crippen LogP contribution < -0.4 is 0 Å². The van der Waals surface area contributed by atoms with Crippen molar-refractivity contribution in [3.8, 4) is 0 Å². The molecule has 136 valence electrons. The third-order valence-corrected chi connectivity index (χ3v) is 6.82. The quantitative estimate of drug-likeness (QED) is 0.778. The van der Waals surface area contributed by atoms with E-state index in [1.807, 2.05) is 0 Å². The minimum atomic E-state index is -3.92. The predicted octanol–water partition coefficient (Wildman–Crippen LogP) is 1.45. The van der Waals surface area contributed by atoms with Crippen LogP contribution in [-0.2, 0) is 19.9 Å². The van der Waals surface area contributed by atoms with Gasteiger partial charge in [0.2, 0.25) is 25.8 Å². The van der Waals surface area contributed by atoms with Crippen LogP contribution in [0.5, 0.6) is 0 Å². The van der Waals surface area contributed by atoms with Crippen LogP contribution in [0.15, 0.2) is 32.7 Å². The standard InChI is InChI=1S/C14H16FN3O5S2/c1-9-8-10(15)5-6-12(9)25(21,22)18-7-3-4-11(18)13-16-17-14(23-13)24(2,19)20/h5-6,8,11H,3-4,7H2,1-2H3/t11-/m0/s1. The monoisotopic (exact) mass is 389 g/mol. The Kier molecular flexibility index (Phi) is 4.41. The molecule has 0 unspecified atom stereocenters. The normalized spacial score (nSPS) is 19.4. The average molecular weight is 389 g/mol. The Labute approximate surface area is 144 Å². The zero-order valence-corrected chi connectivity index (χ0v) is 15.1. The van der Waals surface area contributed by atoms with Gasteiger partial charge in [0.1, 0.15) is 11.9 Å². The van der Waals surface area contributed by atoms with E-state index in [2.05, 4.69) is 10.2 Å². The SMILES string of the molecule is Cc1cc(F)ccc1S(=O)(=O)N1CCC[C@H]1c1nnc(S(C)(=O)=O)o1. The fourth-order valence-corrected chi connectivity index (χ4v) is 5.09. The molecular weight excluding hydrogens is 373 g/mol. The Morgan fingerprint density at radius 2 is 1.96 bits per heavy atom. The lowest BCUT2D eigenvalue weighted by molar-refractivity contribution is 0.303. The molecule has 1 aromatic carbocycles. The number of hydrogen-bond donors (Lipinski definition) is 0. The van der Waals surface area contributed by atoms with E-state index in [4.69, 9.17) is 4.42 Å². The number of sulfone groups is 1. The molecule has 2 heterocycles. The van der Waals surface area contributed by atoms with Gasteiger partial charge in [-0.2, -0.15) is 4.31 Å². The maximum Gasteiger partial charge on any atom is 0.335 e. The van der Waals surface area contributed by atoms with E-state index in [0.717, 1.165) is 18.4 Å². The molecule has 1 fully saturated rings. The Morgan fingerprint density at radius 1 is 1.24 bits per heavy atom. The molecule has 1 aromatic heterocycles. The molecule has 3 rings (SSSR count). The molecule has 0 amide bonds. The van der Waals surface area contributed by atoms with Crippen molar-refractivity contribution in [2.24, 2.45) is 0 Å². The molecule has 0 radical (unpaired) electrons. The second-order valence-corrected chi connectivity index (χ2v) is 9.61. The fourth-order valence-electron chi connectivity index (χ4n) is 2.81. The topological polar surface area (TPSA) is 110 Å². The minimum absolute atomic E-state index is 0.0105. The molecule has 8 nitrogen and oxygen atoms in total. The molecule has 25 heavy (non-hydrogen) atoms. The van der Waals surface area contributed by atoms with Gasteiger partial charge in [-0.25, -0.2) is 21.2 Å². The van der Waals surface area contributed by atoms with E-state index in [1.54, 1.807) is 0 Å². The van der Waals surface area contributed by atoms with Gasteiger partial charge in [0.25, 0.3) is 0 Å². The van der Waals surface area contributed by atoms with Crippen molar-refractivity contribution in [1.29, 1.82) is 0 Å². The lowest BCUT2D eigenvalue weighted by Gasteiger charge is -2.22. The maximum atomic E-state index is 13.3. The molecule has 1 atom stereocenters. The first kappa shape index (κ1) is 18.0. The third kappa shape index (κ3) is 3.31. The predicted molar refractivity (Wildman–Crippen MR) is 84.4 cm³/mol. The number of aryl methyl sites for hydroxylation is 1. The van der Waals surface area contributed by atoms with Crippen molar-refractivity contribution in [3.63, 3.8) is 0 Å². The number of aromatic nitrogens is 2. The summed E-state index contributed by atoms with van der Waals surface area (Å²) >= 11 is 0. The van der Waals surface area contributed by atoms with Crippen molar-refractivity contribution < 1.29 is 25.6 Å². The van der Waals surface area contributed by atoms with Gasteiger partial charge in [-0.05, 0) is 43.5 Å². The summed E-state index contributed by atoms with van der Waals surface area (Å²) in [6, 6.07) is 2.69. The van der Waals surface area contributed by atoms with Gasteiger partial charge in [-0.3, -0.25) is 0 Å². The van der Waals surface area contributed by atoms with Crippen LogP contribution in [0.3, 0.4) is 0 Å². The zero-order chi connectivity index (χ0) is 18.4. The Morgan fingerprint density at radius 3 is 2.56 bits per heavy atom. The lowest BCUT2D eigenvalue weighted by Crippen LogP contribution is -2.31. The second kappa shape index (κ2) is 6.15. The number of sulfonamides is 1. The first-order valence-electron chi connectivity index (χ1n) is 7.42. The van der Waals surface area contributed by atoms with Crippen LogP contribution in [0.4, 0.5) is 4.39 Å². The Hall–Kier alpha value is -1.85. The van der Waals surface area contributed by atoms with Crippen LogP contribution in [0.25, 0.3) is 0 Å². The van der Waals surface area contributed by atoms with Crippen LogP contribution in [0.2, 0.25) is 0 Å². The van der Waals surface area contributed by atoms with Gasteiger partial charge in [0.15, 0.2) is 0 Å². The highest BCUT2D eigenvalue weighted by Crippen LogP contribution is 2.37. The van der Waals surface area contributed by atoms with Gasteiger partial charge < -0.3 is 4.42 Å². The van der Waals surface area contributed by atoms with Gasteiger partial charge in [-0.15, -0.1) is 5.10 Å². The number of benzene rings is 1. The van der Waals surface area contributed by atoms with E-state index in [-0.39, 0.29) is 22.9 Å². The highest BCUT2D eigenvalue weighted by Gasteiger charge is 2.40. The fraction of sp³-hybridized carbons (Fsp3) is 0.429. The largest absolute Gasteiger partial charge is 0.411 e. The lowest BCUT2D eigenvalue weighted by atomic mass is 10.2. The van der Waals surface area contributed by atoms with Crippen molar-refractivity contribution >= 4 is 19.9 Å². The molecule has 1 aliphatic rings. The van der Waals surface area contributed by atoms with Crippen LogP contribution >= 0.6 is 0 Å². The summed E-state index contributed by atoms with van der Waals surface area (Å²) < 4.78 is 68.5. The summed E-state index contributed by atoms with van der Waals surface area (Å²) in [4.78, 5) is -0.0105. The number of nitrogens with zero attached hydrogens (tertiary/aromatic N) is 3. The van der Waals surface area contributed by atoms with Crippen molar-refractivity contribution in [2.75, 3.05) is 12.8 Å². The summed E-state index contributed by atoms with van der Waals surface area (Å²) in [5, 5.41) is 6.62. The highest BCUT2D eigenvalue weighted by molar-refractivity contribution is 7.90. The molecule has 0 aliphatic carbocycles. The summed E-state index contributed by atoms with van der Waals surface area (Å²) in [5.41, 5.74) is 0.285. The van der Waals surface area contributed by atoms with E-state index >= 15 is 0 Å². The zero-order valence-electron chi connectivity index (χ0n) is 13.5. The van der Waals surface area contributed by atoms with Crippen molar-refractivity contribution in [2.45, 2.75) is 35.9 Å². The Balaban J connectivity index is 2.00. The number of halogens is 1. The summed E-state index contributed by atoms with van der Waals surface area (Å²) in [7, 11) is -7.60. The van der Waals surface area contributed by atoms with Crippen LogP contribution in [0.1, 0.15) is 30.3 Å². The van der Waals surface area contributed by atoms with E-state index in [9.17, 15) is 21.2 Å². The smallest absolute Gasteiger partial charge is 0.335 e. The Bertz CT molecular complexity index is 1020. The van der Waals surface area contributed by atoms with E-state index in [0.29, 0.717) is 12.8 Å². The van der Waals surface area contributed by atoms with E-state index in [1.165, 1.54) is 17.3 Å². The molecule has 0 spiro atoms. The maximum absolute atomic E-state index is 13.3. The first-order chi connectivity index (χ1) is 11.6. The molecule has 0 saturated carbocycles. The van der Waals surface area contributed by atoms with Gasteiger partial charge in [0, 0.05) is 12.8 Å². The highest BCUT2D eigenvalue weighted by atomic mass is 32.2. The van der Waals surface area contributed by atoms with E-state index < -0.39 is 36.9 Å². The van der Waals surface area contributed by atoms with Crippen LogP contribution in [-0.4, -0.2) is 44.1 Å². The number of rotatable bonds is 4. The van der Waals surface area contributed by atoms with Crippen molar-refractivity contribution in [1.82, 2.24) is 14.5 Å². The van der Waals surface area contributed by atoms with Gasteiger partial charge >= 0.3 is 5.22 Å².